The molecule has 2 aliphatic rings. The van der Waals surface area contributed by atoms with E-state index in [0.29, 0.717) is 37.5 Å². The number of hydrogen-bond acceptors (Lipinski definition) is 4. The molecule has 3 rings (SSSR count). The van der Waals surface area contributed by atoms with Crippen LogP contribution >= 0.6 is 7.67 Å². The zero-order valence-electron chi connectivity index (χ0n) is 16.9. The number of urea groups is 1. The highest BCUT2D eigenvalue weighted by Crippen LogP contribution is 2.35. The monoisotopic (exact) mass is 442 g/mol. The van der Waals surface area contributed by atoms with E-state index < -0.39 is 25.6 Å². The van der Waals surface area contributed by atoms with Gasteiger partial charge in [-0.25, -0.2) is 19.4 Å². The third-order valence-electron chi connectivity index (χ3n) is 5.04. The van der Waals surface area contributed by atoms with Crippen LogP contribution in [0.2, 0.25) is 0 Å². The Hall–Kier alpha value is -2.00. The Kier molecular flexibility index (Phi) is 7.46. The van der Waals surface area contributed by atoms with Gasteiger partial charge in [0.15, 0.2) is 11.6 Å². The van der Waals surface area contributed by atoms with Crippen LogP contribution in [-0.4, -0.2) is 48.0 Å². The number of ether oxygens (including phenoxy) is 1. The fourth-order valence-corrected chi connectivity index (χ4v) is 4.32. The van der Waals surface area contributed by atoms with E-state index in [2.05, 4.69) is 15.5 Å². The molecule has 1 unspecified atom stereocenters. The highest BCUT2D eigenvalue weighted by molar-refractivity contribution is 7.53. The van der Waals surface area contributed by atoms with Crippen molar-refractivity contribution in [1.29, 1.82) is 0 Å². The molecule has 30 heavy (non-hydrogen) atoms. The second-order valence-corrected chi connectivity index (χ2v) is 9.49. The number of benzene rings is 1. The van der Waals surface area contributed by atoms with Crippen molar-refractivity contribution in [3.8, 4) is 5.75 Å². The topological polar surface area (TPSA) is 120 Å². The molecule has 1 heterocycles. The van der Waals surface area contributed by atoms with E-state index in [0.717, 1.165) is 12.8 Å². The summed E-state index contributed by atoms with van der Waals surface area (Å²) in [6.45, 7) is 2.91. The van der Waals surface area contributed by atoms with Crippen molar-refractivity contribution in [3.05, 3.63) is 29.6 Å². The second kappa shape index (κ2) is 9.87. The standard InChI is InChI=1S/C19H28FN4O5P/c1-13(15-6-7-16(20)17(10-15)29-12-14-4-5-14)23-30(27,28)21-8-2-3-9-24-11-18(25)22-19(24)26/h6-7,10,13-14H,2-5,8-9,11-12H2,1H3,(H,22,25,26)(H3,21,23,27,28)/t13-/m1/s1. The van der Waals surface area contributed by atoms with E-state index >= 15 is 0 Å². The molecule has 166 valence electrons. The molecule has 11 heteroatoms. The van der Waals surface area contributed by atoms with E-state index in [4.69, 9.17) is 4.74 Å². The Morgan fingerprint density at radius 2 is 2.13 bits per heavy atom. The van der Waals surface area contributed by atoms with Crippen molar-refractivity contribution in [2.24, 2.45) is 5.92 Å². The molecule has 1 aliphatic heterocycles. The van der Waals surface area contributed by atoms with Gasteiger partial charge in [0.05, 0.1) is 6.61 Å². The van der Waals surface area contributed by atoms with Crippen LogP contribution in [0, 0.1) is 11.7 Å². The van der Waals surface area contributed by atoms with Crippen LogP contribution in [0.3, 0.4) is 0 Å². The number of unbranched alkanes of at least 4 members (excludes halogenated alkanes) is 1. The number of rotatable bonds is 12. The maximum atomic E-state index is 13.9. The molecule has 1 saturated heterocycles. The van der Waals surface area contributed by atoms with Gasteiger partial charge in [0.2, 0.25) is 5.91 Å². The molecule has 0 radical (unpaired) electrons. The quantitative estimate of drug-likeness (QED) is 0.223. The van der Waals surface area contributed by atoms with E-state index in [1.54, 1.807) is 19.1 Å². The molecular weight excluding hydrogens is 414 g/mol. The molecule has 4 N–H and O–H groups in total. The summed E-state index contributed by atoms with van der Waals surface area (Å²) >= 11 is 0. The molecule has 1 aliphatic carbocycles. The number of halogens is 1. The summed E-state index contributed by atoms with van der Waals surface area (Å²) in [7, 11) is -3.83. The predicted octanol–water partition coefficient (Wildman–Crippen LogP) is 2.29. The van der Waals surface area contributed by atoms with E-state index in [1.807, 2.05) is 0 Å². The Bertz CT molecular complexity index is 835. The number of nitrogens with zero attached hydrogens (tertiary/aromatic N) is 1. The first kappa shape index (κ1) is 22.7. The van der Waals surface area contributed by atoms with E-state index in [-0.39, 0.29) is 24.7 Å². The average Bonchev–Trinajstić information content (AvgIpc) is 3.44. The summed E-state index contributed by atoms with van der Waals surface area (Å²) in [6, 6.07) is 3.49. The van der Waals surface area contributed by atoms with Gasteiger partial charge in [-0.3, -0.25) is 14.7 Å². The van der Waals surface area contributed by atoms with Gasteiger partial charge < -0.3 is 14.5 Å². The SMILES string of the molecule is C[C@@H](NP(=O)(O)NCCCCN1CC(=O)NC1=O)c1ccc(F)c(OCC2CC2)c1. The predicted molar refractivity (Wildman–Crippen MR) is 108 cm³/mol. The highest BCUT2D eigenvalue weighted by atomic mass is 31.2. The van der Waals surface area contributed by atoms with Crippen LogP contribution in [0.4, 0.5) is 9.18 Å². The smallest absolute Gasteiger partial charge is 0.338 e. The zero-order valence-corrected chi connectivity index (χ0v) is 17.8. The first-order chi connectivity index (χ1) is 14.2. The van der Waals surface area contributed by atoms with Crippen LogP contribution in [-0.2, 0) is 9.36 Å². The van der Waals surface area contributed by atoms with Crippen molar-refractivity contribution >= 4 is 19.6 Å². The van der Waals surface area contributed by atoms with Crippen LogP contribution in [0.15, 0.2) is 18.2 Å². The van der Waals surface area contributed by atoms with Crippen molar-refractivity contribution in [3.63, 3.8) is 0 Å². The van der Waals surface area contributed by atoms with Gasteiger partial charge in [-0.05, 0) is 56.2 Å². The summed E-state index contributed by atoms with van der Waals surface area (Å²) in [6.07, 6.45) is 3.33. The molecule has 1 aromatic rings. The van der Waals surface area contributed by atoms with Crippen molar-refractivity contribution in [2.75, 3.05) is 26.2 Å². The molecule has 2 atom stereocenters. The first-order valence-electron chi connectivity index (χ1n) is 10.1. The van der Waals surface area contributed by atoms with Gasteiger partial charge in [-0.15, -0.1) is 0 Å². The van der Waals surface area contributed by atoms with E-state index in [1.165, 1.54) is 11.0 Å². The first-order valence-corrected chi connectivity index (χ1v) is 11.8. The Balaban J connectivity index is 1.41. The highest BCUT2D eigenvalue weighted by Gasteiger charge is 2.26. The lowest BCUT2D eigenvalue weighted by Gasteiger charge is -2.21. The second-order valence-electron chi connectivity index (χ2n) is 7.76. The minimum absolute atomic E-state index is 0.0495. The minimum Gasteiger partial charge on any atom is -0.490 e. The Morgan fingerprint density at radius 3 is 2.80 bits per heavy atom. The molecule has 1 saturated carbocycles. The lowest BCUT2D eigenvalue weighted by molar-refractivity contribution is -0.118. The summed E-state index contributed by atoms with van der Waals surface area (Å²) < 4.78 is 31.9. The van der Waals surface area contributed by atoms with E-state index in [9.17, 15) is 23.4 Å². The summed E-state index contributed by atoms with van der Waals surface area (Å²) in [5, 5.41) is 7.43. The number of hydrogen-bond donors (Lipinski definition) is 4. The number of carbonyl (C=O) groups excluding carboxylic acids is 2. The van der Waals surface area contributed by atoms with Gasteiger partial charge in [-0.2, -0.15) is 0 Å². The minimum atomic E-state index is -3.83. The van der Waals surface area contributed by atoms with Crippen molar-refractivity contribution < 1.29 is 28.2 Å². The molecular formula is C19H28FN4O5P. The molecule has 0 aromatic heterocycles. The average molecular weight is 442 g/mol. The summed E-state index contributed by atoms with van der Waals surface area (Å²) in [5.74, 6) is -0.132. The zero-order chi connectivity index (χ0) is 21.7. The lowest BCUT2D eigenvalue weighted by Crippen LogP contribution is -2.30. The number of amides is 3. The Morgan fingerprint density at radius 1 is 1.37 bits per heavy atom. The van der Waals surface area contributed by atoms with Gasteiger partial charge in [0.1, 0.15) is 6.54 Å². The van der Waals surface area contributed by atoms with Gasteiger partial charge in [-0.1, -0.05) is 6.07 Å². The molecule has 0 spiro atoms. The third-order valence-corrected chi connectivity index (χ3v) is 6.43. The molecule has 9 nitrogen and oxygen atoms in total. The normalized spacial score (nSPS) is 19.5. The van der Waals surface area contributed by atoms with Gasteiger partial charge in [0.25, 0.3) is 0 Å². The maximum Gasteiger partial charge on any atom is 0.338 e. The number of carbonyl (C=O) groups is 2. The fraction of sp³-hybridized carbons (Fsp3) is 0.579. The summed E-state index contributed by atoms with van der Waals surface area (Å²) in [4.78, 5) is 34.1. The molecule has 1 aromatic carbocycles. The summed E-state index contributed by atoms with van der Waals surface area (Å²) in [5.41, 5.74) is 0.642. The van der Waals surface area contributed by atoms with Crippen LogP contribution in [0.1, 0.15) is 44.2 Å². The van der Waals surface area contributed by atoms with Crippen LogP contribution < -0.4 is 20.2 Å². The lowest BCUT2D eigenvalue weighted by atomic mass is 10.1. The van der Waals surface area contributed by atoms with Crippen LogP contribution in [0.25, 0.3) is 0 Å². The number of imide groups is 1. The Labute approximate surface area is 174 Å². The molecule has 3 amide bonds. The maximum absolute atomic E-state index is 13.9. The molecule has 2 fully saturated rings. The van der Waals surface area contributed by atoms with Crippen LogP contribution in [0.5, 0.6) is 5.75 Å². The fourth-order valence-electron chi connectivity index (χ4n) is 3.10. The number of nitrogens with one attached hydrogen (secondary N) is 3. The van der Waals surface area contributed by atoms with Gasteiger partial charge >= 0.3 is 13.7 Å². The van der Waals surface area contributed by atoms with Gasteiger partial charge in [0, 0.05) is 19.1 Å². The largest absolute Gasteiger partial charge is 0.490 e. The molecule has 0 bridgehead atoms. The third kappa shape index (κ3) is 6.77. The van der Waals surface area contributed by atoms with Crippen molar-refractivity contribution in [2.45, 2.75) is 38.6 Å². The van der Waals surface area contributed by atoms with Crippen molar-refractivity contribution in [1.82, 2.24) is 20.4 Å².